The van der Waals surface area contributed by atoms with Gasteiger partial charge < -0.3 is 15.1 Å². The van der Waals surface area contributed by atoms with Gasteiger partial charge in [-0.15, -0.1) is 0 Å². The van der Waals surface area contributed by atoms with Crippen LogP contribution >= 0.6 is 11.6 Å². The molecule has 1 atom stereocenters. The molecular formula is C24H31ClN4O3S. The van der Waals surface area contributed by atoms with Crippen LogP contribution in [-0.2, 0) is 10.0 Å². The van der Waals surface area contributed by atoms with Crippen molar-refractivity contribution in [1.82, 2.24) is 9.21 Å². The molecule has 2 saturated heterocycles. The number of piperazine rings is 1. The van der Waals surface area contributed by atoms with Gasteiger partial charge in [0, 0.05) is 56.2 Å². The summed E-state index contributed by atoms with van der Waals surface area (Å²) >= 11 is 6.26. The molecule has 2 aromatic rings. The average Bonchev–Trinajstić information content (AvgIpc) is 2.80. The molecule has 1 N–H and O–H groups in total. The fourth-order valence-electron chi connectivity index (χ4n) is 4.37. The zero-order valence-corrected chi connectivity index (χ0v) is 20.7. The van der Waals surface area contributed by atoms with Crippen LogP contribution in [0.2, 0.25) is 5.02 Å². The number of nitrogens with one attached hydrogen (secondary N) is 1. The van der Waals surface area contributed by atoms with Crippen molar-refractivity contribution in [2.45, 2.75) is 24.7 Å². The topological polar surface area (TPSA) is 73.0 Å². The highest BCUT2D eigenvalue weighted by Crippen LogP contribution is 2.29. The predicted molar refractivity (Wildman–Crippen MR) is 133 cm³/mol. The quantitative estimate of drug-likeness (QED) is 0.690. The third-order valence-corrected chi connectivity index (χ3v) is 8.77. The number of sulfonamides is 1. The first kappa shape index (κ1) is 24.0. The first-order valence-electron chi connectivity index (χ1n) is 11.4. The van der Waals surface area contributed by atoms with Crippen LogP contribution in [0, 0.1) is 5.92 Å². The molecule has 0 bridgehead atoms. The molecule has 2 aliphatic rings. The molecule has 1 amide bonds. The van der Waals surface area contributed by atoms with Gasteiger partial charge in [-0.3, -0.25) is 4.79 Å². The third kappa shape index (κ3) is 5.51. The second kappa shape index (κ2) is 10.0. The van der Waals surface area contributed by atoms with E-state index in [-0.39, 0.29) is 21.4 Å². The van der Waals surface area contributed by atoms with Crippen molar-refractivity contribution >= 4 is 38.9 Å². The highest BCUT2D eigenvalue weighted by atomic mass is 35.5. The van der Waals surface area contributed by atoms with E-state index in [9.17, 15) is 13.2 Å². The molecule has 0 radical (unpaired) electrons. The Morgan fingerprint density at radius 3 is 2.39 bits per heavy atom. The second-order valence-corrected chi connectivity index (χ2v) is 11.4. The maximum Gasteiger partial charge on any atom is 0.255 e. The summed E-state index contributed by atoms with van der Waals surface area (Å²) in [4.78, 5) is 17.5. The minimum absolute atomic E-state index is 0.0173. The Morgan fingerprint density at radius 2 is 1.73 bits per heavy atom. The van der Waals surface area contributed by atoms with Crippen LogP contribution in [0.3, 0.4) is 0 Å². The van der Waals surface area contributed by atoms with E-state index in [1.807, 2.05) is 31.2 Å². The van der Waals surface area contributed by atoms with Gasteiger partial charge in [-0.25, -0.2) is 8.42 Å². The van der Waals surface area contributed by atoms with Crippen LogP contribution in [-0.4, -0.2) is 69.8 Å². The minimum atomic E-state index is -3.76. The number of amides is 1. The number of nitrogens with zero attached hydrogens (tertiary/aromatic N) is 3. The Kier molecular flexibility index (Phi) is 7.28. The smallest absolute Gasteiger partial charge is 0.255 e. The van der Waals surface area contributed by atoms with Crippen molar-refractivity contribution in [3.05, 3.63) is 53.1 Å². The van der Waals surface area contributed by atoms with E-state index in [4.69, 9.17) is 11.6 Å². The monoisotopic (exact) mass is 490 g/mol. The number of benzene rings is 2. The van der Waals surface area contributed by atoms with E-state index < -0.39 is 10.0 Å². The molecule has 4 rings (SSSR count). The highest BCUT2D eigenvalue weighted by Gasteiger charge is 2.31. The van der Waals surface area contributed by atoms with E-state index in [1.165, 1.54) is 16.4 Å². The second-order valence-electron chi connectivity index (χ2n) is 9.05. The molecule has 7 nitrogen and oxygen atoms in total. The van der Waals surface area contributed by atoms with Crippen LogP contribution in [0.4, 0.5) is 11.4 Å². The highest BCUT2D eigenvalue weighted by molar-refractivity contribution is 7.89. The summed E-state index contributed by atoms with van der Waals surface area (Å²) in [5, 5.41) is 2.99. The van der Waals surface area contributed by atoms with Gasteiger partial charge in [0.15, 0.2) is 0 Å². The molecule has 0 saturated carbocycles. The summed E-state index contributed by atoms with van der Waals surface area (Å²) in [6.45, 7) is 6.98. The number of piperidine rings is 1. The summed E-state index contributed by atoms with van der Waals surface area (Å²) in [7, 11) is -1.64. The third-order valence-electron chi connectivity index (χ3n) is 6.42. The van der Waals surface area contributed by atoms with Gasteiger partial charge in [-0.05, 0) is 68.3 Å². The minimum Gasteiger partial charge on any atom is -0.369 e. The Hall–Kier alpha value is -2.13. The van der Waals surface area contributed by atoms with Crippen LogP contribution in [0.25, 0.3) is 0 Å². The van der Waals surface area contributed by atoms with Gasteiger partial charge >= 0.3 is 0 Å². The Balaban J connectivity index is 1.48. The zero-order valence-electron chi connectivity index (χ0n) is 19.1. The summed E-state index contributed by atoms with van der Waals surface area (Å²) < 4.78 is 27.9. The van der Waals surface area contributed by atoms with Gasteiger partial charge in [-0.1, -0.05) is 18.5 Å². The molecule has 1 unspecified atom stereocenters. The zero-order chi connectivity index (χ0) is 23.6. The van der Waals surface area contributed by atoms with E-state index in [2.05, 4.69) is 22.2 Å². The molecule has 0 aliphatic carbocycles. The Bertz CT molecular complexity index is 1100. The van der Waals surface area contributed by atoms with E-state index in [0.717, 1.165) is 44.7 Å². The molecule has 2 heterocycles. The molecule has 2 aromatic carbocycles. The van der Waals surface area contributed by atoms with Crippen molar-refractivity contribution in [3.63, 3.8) is 0 Å². The fraction of sp³-hybridized carbons (Fsp3) is 0.458. The summed E-state index contributed by atoms with van der Waals surface area (Å²) in [6, 6.07) is 12.1. The number of carbonyl (C=O) groups excluding carboxylic acids is 1. The van der Waals surface area contributed by atoms with Crippen LogP contribution in [0.1, 0.15) is 30.1 Å². The Morgan fingerprint density at radius 1 is 1.03 bits per heavy atom. The molecule has 178 valence electrons. The van der Waals surface area contributed by atoms with Crippen LogP contribution in [0.15, 0.2) is 47.4 Å². The molecule has 2 aliphatic heterocycles. The van der Waals surface area contributed by atoms with E-state index in [0.29, 0.717) is 24.7 Å². The van der Waals surface area contributed by atoms with Gasteiger partial charge in [0.25, 0.3) is 5.91 Å². The lowest BCUT2D eigenvalue weighted by Crippen LogP contribution is -2.44. The number of hydrogen-bond donors (Lipinski definition) is 1. The number of rotatable bonds is 5. The molecule has 9 heteroatoms. The van der Waals surface area contributed by atoms with Gasteiger partial charge in [0.1, 0.15) is 4.90 Å². The fourth-order valence-corrected chi connectivity index (χ4v) is 6.47. The van der Waals surface area contributed by atoms with Crippen molar-refractivity contribution in [2.75, 3.05) is 56.5 Å². The standard InChI is InChI=1S/C24H31ClN4O3S/c1-18-4-3-11-29(17-18)33(31,32)23-16-19(5-10-22(23)25)24(30)26-20-6-8-21(9-7-20)28-14-12-27(2)13-15-28/h5-10,16,18H,3-4,11-15,17H2,1-2H3,(H,26,30). The molecule has 2 fully saturated rings. The predicted octanol–water partition coefficient (Wildman–Crippen LogP) is 3.76. The normalized spacial score (nSPS) is 20.6. The largest absolute Gasteiger partial charge is 0.369 e. The van der Waals surface area contributed by atoms with Crippen LogP contribution in [0.5, 0.6) is 0 Å². The maximum absolute atomic E-state index is 13.2. The first-order valence-corrected chi connectivity index (χ1v) is 13.2. The SMILES string of the molecule is CC1CCCN(S(=O)(=O)c2cc(C(=O)Nc3ccc(N4CCN(C)CC4)cc3)ccc2Cl)C1. The van der Waals surface area contributed by atoms with Gasteiger partial charge in [0.05, 0.1) is 5.02 Å². The maximum atomic E-state index is 13.2. The Labute approximate surface area is 201 Å². The average molecular weight is 491 g/mol. The molecule has 0 aromatic heterocycles. The summed E-state index contributed by atoms with van der Waals surface area (Å²) in [6.07, 6.45) is 1.83. The molecular weight excluding hydrogens is 460 g/mol. The van der Waals surface area contributed by atoms with Crippen LogP contribution < -0.4 is 10.2 Å². The number of carbonyl (C=O) groups is 1. The van der Waals surface area contributed by atoms with Crippen molar-refractivity contribution in [2.24, 2.45) is 5.92 Å². The number of hydrogen-bond acceptors (Lipinski definition) is 5. The lowest BCUT2D eigenvalue weighted by molar-refractivity contribution is 0.102. The van der Waals surface area contributed by atoms with Crippen molar-refractivity contribution in [1.29, 1.82) is 0 Å². The summed E-state index contributed by atoms with van der Waals surface area (Å²) in [5.41, 5.74) is 2.03. The van der Waals surface area contributed by atoms with Crippen molar-refractivity contribution < 1.29 is 13.2 Å². The summed E-state index contributed by atoms with van der Waals surface area (Å²) in [5.74, 6) is -0.0740. The van der Waals surface area contributed by atoms with E-state index in [1.54, 1.807) is 6.07 Å². The molecule has 0 spiro atoms. The van der Waals surface area contributed by atoms with Gasteiger partial charge in [-0.2, -0.15) is 4.31 Å². The first-order chi connectivity index (χ1) is 15.7. The van der Waals surface area contributed by atoms with E-state index >= 15 is 0 Å². The lowest BCUT2D eigenvalue weighted by Gasteiger charge is -2.34. The van der Waals surface area contributed by atoms with Gasteiger partial charge in [0.2, 0.25) is 10.0 Å². The number of halogens is 1. The number of anilines is 2. The lowest BCUT2D eigenvalue weighted by atomic mass is 10.0. The number of likely N-dealkylation sites (N-methyl/N-ethyl adjacent to an activating group) is 1. The van der Waals surface area contributed by atoms with Crippen molar-refractivity contribution in [3.8, 4) is 0 Å². The molecule has 33 heavy (non-hydrogen) atoms.